The predicted octanol–water partition coefficient (Wildman–Crippen LogP) is 2.56. The van der Waals surface area contributed by atoms with E-state index in [1.807, 2.05) is 0 Å². The summed E-state index contributed by atoms with van der Waals surface area (Å²) in [4.78, 5) is 5.17. The van der Waals surface area contributed by atoms with Gasteiger partial charge in [0.2, 0.25) is 0 Å². The molecule has 0 aliphatic carbocycles. The third-order valence-corrected chi connectivity index (χ3v) is 2.53. The lowest BCUT2D eigenvalue weighted by molar-refractivity contribution is 0.254. The molecule has 0 amide bonds. The zero-order valence-corrected chi connectivity index (χ0v) is 8.15. The Labute approximate surface area is 79.5 Å². The molecule has 0 N–H and O–H groups in total. The van der Waals surface area contributed by atoms with Gasteiger partial charge in [0, 0.05) is 18.0 Å². The summed E-state index contributed by atoms with van der Waals surface area (Å²) in [5.74, 6) is 0. The number of rotatable bonds is 3. The molecule has 0 aromatic rings. The van der Waals surface area contributed by atoms with E-state index in [1.165, 1.54) is 45.2 Å². The minimum Gasteiger partial charge on any atom is -0.303 e. The molecule has 0 atom stereocenters. The van der Waals surface area contributed by atoms with Gasteiger partial charge in [-0.3, -0.25) is 0 Å². The molecular weight excluding hydrogens is 164 g/mol. The van der Waals surface area contributed by atoms with Crippen LogP contribution in [-0.2, 0) is 0 Å². The highest BCUT2D eigenvalue weighted by Crippen LogP contribution is 2.09. The van der Waals surface area contributed by atoms with Crippen LogP contribution in [0.1, 0.15) is 32.1 Å². The molecule has 74 valence electrons. The second-order valence-electron chi connectivity index (χ2n) is 3.56. The molecule has 0 spiro atoms. The number of nitrogens with zero attached hydrogens (tertiary/aromatic N) is 4. The monoisotopic (exact) mass is 182 g/mol. The maximum atomic E-state index is 8.14. The maximum absolute atomic E-state index is 8.14. The summed E-state index contributed by atoms with van der Waals surface area (Å²) in [6.45, 7) is 3.92. The van der Waals surface area contributed by atoms with Gasteiger partial charge in [0.05, 0.1) is 0 Å². The van der Waals surface area contributed by atoms with Crippen LogP contribution >= 0.6 is 0 Å². The van der Waals surface area contributed by atoms with Crippen molar-refractivity contribution < 1.29 is 0 Å². The third kappa shape index (κ3) is 4.76. The zero-order chi connectivity index (χ0) is 9.36. The van der Waals surface area contributed by atoms with Gasteiger partial charge in [-0.15, -0.1) is 0 Å². The Morgan fingerprint density at radius 1 is 1.08 bits per heavy atom. The van der Waals surface area contributed by atoms with Crippen molar-refractivity contribution in [2.75, 3.05) is 26.2 Å². The van der Waals surface area contributed by atoms with E-state index in [0.717, 1.165) is 6.54 Å². The molecule has 1 heterocycles. The SMILES string of the molecule is [N-]=[N+]=NCCN1CCCCCCC1. The van der Waals surface area contributed by atoms with Crippen LogP contribution < -0.4 is 0 Å². The normalized spacial score (nSPS) is 20.0. The maximum Gasteiger partial charge on any atom is 0.0385 e. The molecule has 0 aromatic heterocycles. The summed E-state index contributed by atoms with van der Waals surface area (Å²) in [6, 6.07) is 0. The highest BCUT2D eigenvalue weighted by molar-refractivity contribution is 4.63. The lowest BCUT2D eigenvalue weighted by Crippen LogP contribution is -2.29. The van der Waals surface area contributed by atoms with Crippen LogP contribution in [0.5, 0.6) is 0 Å². The van der Waals surface area contributed by atoms with E-state index in [4.69, 9.17) is 5.53 Å². The van der Waals surface area contributed by atoms with Crippen molar-refractivity contribution in [1.82, 2.24) is 4.90 Å². The van der Waals surface area contributed by atoms with Crippen molar-refractivity contribution in [2.24, 2.45) is 5.11 Å². The highest BCUT2D eigenvalue weighted by Gasteiger charge is 2.06. The van der Waals surface area contributed by atoms with Gasteiger partial charge < -0.3 is 4.90 Å². The van der Waals surface area contributed by atoms with Crippen LogP contribution in [0.15, 0.2) is 5.11 Å². The molecule has 4 heteroatoms. The first kappa shape index (κ1) is 10.4. The molecular formula is C9H18N4. The minimum absolute atomic E-state index is 0.622. The fourth-order valence-corrected chi connectivity index (χ4v) is 1.77. The van der Waals surface area contributed by atoms with E-state index >= 15 is 0 Å². The topological polar surface area (TPSA) is 52.0 Å². The van der Waals surface area contributed by atoms with E-state index in [9.17, 15) is 0 Å². The Balaban J connectivity index is 2.17. The molecule has 1 aliphatic rings. The Kier molecular flexibility index (Phi) is 5.38. The standard InChI is InChI=1S/C9H18N4/c10-12-11-6-9-13-7-4-2-1-3-5-8-13/h1-9H2. The van der Waals surface area contributed by atoms with Crippen LogP contribution in [0.3, 0.4) is 0 Å². The molecule has 1 fully saturated rings. The molecule has 0 bridgehead atoms. The first-order valence-corrected chi connectivity index (χ1v) is 5.16. The fourth-order valence-electron chi connectivity index (χ4n) is 1.77. The Morgan fingerprint density at radius 2 is 1.69 bits per heavy atom. The van der Waals surface area contributed by atoms with Crippen LogP contribution in [0, 0.1) is 0 Å². The molecule has 1 saturated heterocycles. The molecule has 0 unspecified atom stereocenters. The molecule has 0 saturated carbocycles. The molecule has 0 radical (unpaired) electrons. The predicted molar refractivity (Wildman–Crippen MR) is 53.5 cm³/mol. The summed E-state index contributed by atoms with van der Waals surface area (Å²) in [6.07, 6.45) is 6.72. The Hall–Kier alpha value is -0.730. The van der Waals surface area contributed by atoms with Gasteiger partial charge >= 0.3 is 0 Å². The average Bonchev–Trinajstić information content (AvgIpc) is 2.08. The zero-order valence-electron chi connectivity index (χ0n) is 8.15. The lowest BCUT2D eigenvalue weighted by atomic mass is 10.1. The van der Waals surface area contributed by atoms with E-state index in [1.54, 1.807) is 0 Å². The highest BCUT2D eigenvalue weighted by atomic mass is 15.2. The third-order valence-electron chi connectivity index (χ3n) is 2.53. The van der Waals surface area contributed by atoms with Crippen molar-refractivity contribution in [3.05, 3.63) is 10.4 Å². The fraction of sp³-hybridized carbons (Fsp3) is 1.00. The second-order valence-corrected chi connectivity index (χ2v) is 3.56. The van der Waals surface area contributed by atoms with Crippen LogP contribution in [-0.4, -0.2) is 31.1 Å². The first-order chi connectivity index (χ1) is 6.43. The Bertz CT molecular complexity index is 166. The Morgan fingerprint density at radius 3 is 2.31 bits per heavy atom. The quantitative estimate of drug-likeness (QED) is 0.376. The van der Waals surface area contributed by atoms with Crippen LogP contribution in [0.2, 0.25) is 0 Å². The van der Waals surface area contributed by atoms with Crippen molar-refractivity contribution in [2.45, 2.75) is 32.1 Å². The largest absolute Gasteiger partial charge is 0.303 e. The number of azide groups is 1. The first-order valence-electron chi connectivity index (χ1n) is 5.16. The van der Waals surface area contributed by atoms with Gasteiger partial charge in [0.15, 0.2) is 0 Å². The minimum atomic E-state index is 0.622. The summed E-state index contributed by atoms with van der Waals surface area (Å²) >= 11 is 0. The van der Waals surface area contributed by atoms with Gasteiger partial charge in [0.25, 0.3) is 0 Å². The summed E-state index contributed by atoms with van der Waals surface area (Å²) in [7, 11) is 0. The van der Waals surface area contributed by atoms with Crippen LogP contribution in [0.4, 0.5) is 0 Å². The molecule has 1 aliphatic heterocycles. The summed E-state index contributed by atoms with van der Waals surface area (Å²) in [5.41, 5.74) is 8.14. The van der Waals surface area contributed by atoms with Crippen molar-refractivity contribution in [3.63, 3.8) is 0 Å². The number of likely N-dealkylation sites (tertiary alicyclic amines) is 1. The van der Waals surface area contributed by atoms with Gasteiger partial charge in [-0.05, 0) is 31.5 Å². The summed E-state index contributed by atoms with van der Waals surface area (Å²) in [5, 5.41) is 3.56. The van der Waals surface area contributed by atoms with E-state index in [0.29, 0.717) is 6.54 Å². The van der Waals surface area contributed by atoms with Gasteiger partial charge in [-0.1, -0.05) is 24.4 Å². The molecule has 13 heavy (non-hydrogen) atoms. The summed E-state index contributed by atoms with van der Waals surface area (Å²) < 4.78 is 0. The number of hydrogen-bond donors (Lipinski definition) is 0. The molecule has 4 nitrogen and oxygen atoms in total. The van der Waals surface area contributed by atoms with E-state index in [2.05, 4.69) is 14.9 Å². The molecule has 0 aromatic carbocycles. The van der Waals surface area contributed by atoms with Gasteiger partial charge in [-0.2, -0.15) is 0 Å². The van der Waals surface area contributed by atoms with E-state index in [-0.39, 0.29) is 0 Å². The van der Waals surface area contributed by atoms with E-state index < -0.39 is 0 Å². The van der Waals surface area contributed by atoms with Crippen molar-refractivity contribution in [1.29, 1.82) is 0 Å². The van der Waals surface area contributed by atoms with Gasteiger partial charge in [-0.25, -0.2) is 0 Å². The average molecular weight is 182 g/mol. The van der Waals surface area contributed by atoms with Gasteiger partial charge in [0.1, 0.15) is 0 Å². The second kappa shape index (κ2) is 6.75. The molecule has 1 rings (SSSR count). The van der Waals surface area contributed by atoms with Crippen molar-refractivity contribution >= 4 is 0 Å². The van der Waals surface area contributed by atoms with Crippen LogP contribution in [0.25, 0.3) is 10.4 Å². The van der Waals surface area contributed by atoms with Crippen molar-refractivity contribution in [3.8, 4) is 0 Å². The number of hydrogen-bond acceptors (Lipinski definition) is 2. The lowest BCUT2D eigenvalue weighted by Gasteiger charge is -2.23. The smallest absolute Gasteiger partial charge is 0.0385 e.